The summed E-state index contributed by atoms with van der Waals surface area (Å²) in [7, 11) is 0. The Bertz CT molecular complexity index is 433. The van der Waals surface area contributed by atoms with Crippen LogP contribution in [-0.4, -0.2) is 9.97 Å². The highest BCUT2D eigenvalue weighted by molar-refractivity contribution is 7.17. The molecule has 3 nitrogen and oxygen atoms in total. The van der Waals surface area contributed by atoms with E-state index in [0.29, 0.717) is 5.92 Å². The van der Waals surface area contributed by atoms with Gasteiger partial charge in [0.15, 0.2) is 0 Å². The summed E-state index contributed by atoms with van der Waals surface area (Å²) in [5, 5.41) is 2.95. The first-order valence-electron chi connectivity index (χ1n) is 4.17. The van der Waals surface area contributed by atoms with Gasteiger partial charge < -0.3 is 5.73 Å². The molecule has 0 radical (unpaired) electrons. The molecule has 0 amide bonds. The van der Waals surface area contributed by atoms with Crippen molar-refractivity contribution in [3.05, 3.63) is 17.4 Å². The number of nitrogen functional groups attached to an aromatic ring is 1. The van der Waals surface area contributed by atoms with Crippen LogP contribution in [0.4, 0.5) is 5.69 Å². The van der Waals surface area contributed by atoms with Gasteiger partial charge in [0.1, 0.15) is 11.2 Å². The molecule has 13 heavy (non-hydrogen) atoms. The highest BCUT2D eigenvalue weighted by Gasteiger charge is 2.11. The first-order chi connectivity index (χ1) is 6.20. The van der Waals surface area contributed by atoms with Crippen LogP contribution in [0.3, 0.4) is 0 Å². The fourth-order valence-corrected chi connectivity index (χ4v) is 2.16. The zero-order valence-corrected chi connectivity index (χ0v) is 8.43. The van der Waals surface area contributed by atoms with Gasteiger partial charge in [-0.1, -0.05) is 13.8 Å². The summed E-state index contributed by atoms with van der Waals surface area (Å²) in [6.07, 6.45) is 1.60. The average molecular weight is 193 g/mol. The van der Waals surface area contributed by atoms with Crippen molar-refractivity contribution in [2.24, 2.45) is 0 Å². The topological polar surface area (TPSA) is 51.8 Å². The van der Waals surface area contributed by atoms with E-state index in [1.165, 1.54) is 0 Å². The zero-order valence-electron chi connectivity index (χ0n) is 7.61. The maximum absolute atomic E-state index is 5.85. The van der Waals surface area contributed by atoms with Gasteiger partial charge in [-0.3, -0.25) is 0 Å². The van der Waals surface area contributed by atoms with Crippen LogP contribution >= 0.6 is 11.3 Å². The zero-order chi connectivity index (χ0) is 9.42. The van der Waals surface area contributed by atoms with Gasteiger partial charge in [0, 0.05) is 5.38 Å². The summed E-state index contributed by atoms with van der Waals surface area (Å²) in [4.78, 5) is 9.41. The second kappa shape index (κ2) is 2.96. The smallest absolute Gasteiger partial charge is 0.129 e. The molecule has 0 saturated carbocycles. The minimum Gasteiger partial charge on any atom is -0.397 e. The lowest BCUT2D eigenvalue weighted by atomic mass is 10.1. The molecule has 0 aliphatic rings. The minimum absolute atomic E-state index is 0.391. The number of nitrogens with zero attached hydrogens (tertiary/aromatic N) is 2. The number of aromatic nitrogens is 2. The lowest BCUT2D eigenvalue weighted by Gasteiger charge is -2.05. The predicted molar refractivity (Wildman–Crippen MR) is 55.9 cm³/mol. The molecule has 2 aromatic heterocycles. The molecule has 2 rings (SSSR count). The van der Waals surface area contributed by atoms with Crippen LogP contribution in [0.2, 0.25) is 0 Å². The van der Waals surface area contributed by atoms with Gasteiger partial charge in [-0.05, 0) is 5.92 Å². The third kappa shape index (κ3) is 1.27. The van der Waals surface area contributed by atoms with E-state index in [0.717, 1.165) is 21.6 Å². The van der Waals surface area contributed by atoms with E-state index in [2.05, 4.69) is 23.8 Å². The van der Waals surface area contributed by atoms with Gasteiger partial charge in [0.2, 0.25) is 0 Å². The first-order valence-corrected chi connectivity index (χ1v) is 5.05. The Kier molecular flexibility index (Phi) is 1.92. The fourth-order valence-electron chi connectivity index (χ4n) is 1.36. The van der Waals surface area contributed by atoms with E-state index in [4.69, 9.17) is 5.73 Å². The SMILES string of the molecule is CC(C)c1ncnc2scc(N)c12. The Morgan fingerprint density at radius 2 is 2.15 bits per heavy atom. The van der Waals surface area contributed by atoms with Gasteiger partial charge in [-0.2, -0.15) is 0 Å². The highest BCUT2D eigenvalue weighted by Crippen LogP contribution is 2.31. The number of fused-ring (bicyclic) bond motifs is 1. The van der Waals surface area contributed by atoms with Gasteiger partial charge in [-0.25, -0.2) is 9.97 Å². The van der Waals surface area contributed by atoms with Crippen molar-refractivity contribution >= 4 is 27.2 Å². The molecular formula is C9H11N3S. The molecule has 0 spiro atoms. The van der Waals surface area contributed by atoms with Crippen molar-refractivity contribution in [3.8, 4) is 0 Å². The molecule has 0 aliphatic heterocycles. The maximum atomic E-state index is 5.85. The number of rotatable bonds is 1. The lowest BCUT2D eigenvalue weighted by Crippen LogP contribution is -1.95. The van der Waals surface area contributed by atoms with Crippen LogP contribution in [-0.2, 0) is 0 Å². The second-order valence-electron chi connectivity index (χ2n) is 3.28. The second-order valence-corrected chi connectivity index (χ2v) is 4.14. The minimum atomic E-state index is 0.391. The number of hydrogen-bond acceptors (Lipinski definition) is 4. The number of hydrogen-bond donors (Lipinski definition) is 1. The fraction of sp³-hybridized carbons (Fsp3) is 0.333. The van der Waals surface area contributed by atoms with Gasteiger partial charge in [-0.15, -0.1) is 11.3 Å². The Labute approximate surface area is 80.6 Å². The summed E-state index contributed by atoms with van der Waals surface area (Å²) >= 11 is 1.57. The molecule has 4 heteroatoms. The molecule has 68 valence electrons. The summed E-state index contributed by atoms with van der Waals surface area (Å²) < 4.78 is 0. The number of anilines is 1. The molecule has 0 unspecified atom stereocenters. The van der Waals surface area contributed by atoms with Crippen LogP contribution in [0.5, 0.6) is 0 Å². The lowest BCUT2D eigenvalue weighted by molar-refractivity contribution is 0.830. The van der Waals surface area contributed by atoms with Crippen molar-refractivity contribution in [1.82, 2.24) is 9.97 Å². The van der Waals surface area contributed by atoms with E-state index in [-0.39, 0.29) is 0 Å². The van der Waals surface area contributed by atoms with Gasteiger partial charge in [0.05, 0.1) is 16.8 Å². The molecule has 0 aliphatic carbocycles. The number of nitrogens with two attached hydrogens (primary N) is 1. The maximum Gasteiger partial charge on any atom is 0.129 e. The van der Waals surface area contributed by atoms with Crippen molar-refractivity contribution < 1.29 is 0 Å². The quantitative estimate of drug-likeness (QED) is 0.756. The van der Waals surface area contributed by atoms with Crippen LogP contribution in [0.15, 0.2) is 11.7 Å². The Balaban J connectivity index is 2.80. The molecule has 0 aromatic carbocycles. The van der Waals surface area contributed by atoms with E-state index in [9.17, 15) is 0 Å². The Hall–Kier alpha value is -1.16. The highest BCUT2D eigenvalue weighted by atomic mass is 32.1. The van der Waals surface area contributed by atoms with E-state index < -0.39 is 0 Å². The van der Waals surface area contributed by atoms with Crippen molar-refractivity contribution in [2.75, 3.05) is 5.73 Å². The standard InChI is InChI=1S/C9H11N3S/c1-5(2)8-7-6(10)3-13-9(7)12-4-11-8/h3-5H,10H2,1-2H3. The molecule has 0 atom stereocenters. The van der Waals surface area contributed by atoms with Crippen LogP contribution in [0.25, 0.3) is 10.2 Å². The van der Waals surface area contributed by atoms with E-state index >= 15 is 0 Å². The molecule has 2 N–H and O–H groups in total. The Morgan fingerprint density at radius 1 is 1.38 bits per heavy atom. The van der Waals surface area contributed by atoms with E-state index in [1.807, 2.05) is 5.38 Å². The first kappa shape index (κ1) is 8.44. The molecular weight excluding hydrogens is 182 g/mol. The molecule has 0 fully saturated rings. The normalized spacial score (nSPS) is 11.3. The third-order valence-electron chi connectivity index (χ3n) is 1.97. The van der Waals surface area contributed by atoms with Crippen molar-refractivity contribution in [2.45, 2.75) is 19.8 Å². The third-order valence-corrected chi connectivity index (χ3v) is 2.88. The van der Waals surface area contributed by atoms with Crippen LogP contribution in [0, 0.1) is 0 Å². The van der Waals surface area contributed by atoms with Gasteiger partial charge in [0.25, 0.3) is 0 Å². The Morgan fingerprint density at radius 3 is 2.85 bits per heavy atom. The summed E-state index contributed by atoms with van der Waals surface area (Å²) in [5.74, 6) is 0.391. The molecule has 2 heterocycles. The average Bonchev–Trinajstić information content (AvgIpc) is 2.48. The van der Waals surface area contributed by atoms with Crippen molar-refractivity contribution in [1.29, 1.82) is 0 Å². The van der Waals surface area contributed by atoms with E-state index in [1.54, 1.807) is 17.7 Å². The van der Waals surface area contributed by atoms with Gasteiger partial charge >= 0.3 is 0 Å². The largest absolute Gasteiger partial charge is 0.397 e. The monoisotopic (exact) mass is 193 g/mol. The molecule has 2 aromatic rings. The number of thiophene rings is 1. The molecule has 0 bridgehead atoms. The van der Waals surface area contributed by atoms with Crippen LogP contribution < -0.4 is 5.73 Å². The molecule has 0 saturated heterocycles. The predicted octanol–water partition coefficient (Wildman–Crippen LogP) is 2.40. The summed E-state index contributed by atoms with van der Waals surface area (Å²) in [6.45, 7) is 4.22. The van der Waals surface area contributed by atoms with Crippen molar-refractivity contribution in [3.63, 3.8) is 0 Å². The van der Waals surface area contributed by atoms with Crippen LogP contribution in [0.1, 0.15) is 25.5 Å². The summed E-state index contributed by atoms with van der Waals surface area (Å²) in [6, 6.07) is 0. The summed E-state index contributed by atoms with van der Waals surface area (Å²) in [5.41, 5.74) is 7.69.